The van der Waals surface area contributed by atoms with Gasteiger partial charge in [-0.05, 0) is 50.2 Å². The summed E-state index contributed by atoms with van der Waals surface area (Å²) in [5.41, 5.74) is 4.82. The molecule has 0 saturated heterocycles. The highest BCUT2D eigenvalue weighted by molar-refractivity contribution is 5.80. The maximum atomic E-state index is 6.51. The van der Waals surface area contributed by atoms with Gasteiger partial charge in [0, 0.05) is 12.1 Å². The van der Waals surface area contributed by atoms with Gasteiger partial charge in [-0.2, -0.15) is 0 Å². The van der Waals surface area contributed by atoms with Crippen molar-refractivity contribution in [3.8, 4) is 11.5 Å². The van der Waals surface area contributed by atoms with Crippen molar-refractivity contribution in [1.82, 2.24) is 4.90 Å². The van der Waals surface area contributed by atoms with E-state index in [4.69, 9.17) is 4.74 Å². The number of hydrogen-bond donors (Lipinski definition) is 0. The molecule has 3 nitrogen and oxygen atoms in total. The fraction of sp³-hybridized carbons (Fsp3) is 0.333. The van der Waals surface area contributed by atoms with E-state index >= 15 is 0 Å². The van der Waals surface area contributed by atoms with Crippen LogP contribution in [-0.4, -0.2) is 18.0 Å². The molecule has 1 aliphatic rings. The Morgan fingerprint density at radius 2 is 1.60 bits per heavy atom. The highest BCUT2D eigenvalue weighted by Crippen LogP contribution is 2.51. The lowest BCUT2D eigenvalue weighted by Crippen LogP contribution is -2.27. The van der Waals surface area contributed by atoms with Crippen LogP contribution in [0.15, 0.2) is 72.8 Å². The summed E-state index contributed by atoms with van der Waals surface area (Å²) in [6.45, 7) is 9.84. The van der Waals surface area contributed by atoms with Gasteiger partial charge in [0.25, 0.3) is 0 Å². The Hall–Kier alpha value is -2.78. The third-order valence-corrected chi connectivity index (χ3v) is 6.01. The van der Waals surface area contributed by atoms with E-state index < -0.39 is 0 Å². The minimum Gasteiger partial charge on any atom is -0.453 e. The first kappa shape index (κ1) is 20.5. The van der Waals surface area contributed by atoms with Crippen molar-refractivity contribution in [2.45, 2.75) is 46.2 Å². The van der Waals surface area contributed by atoms with Gasteiger partial charge >= 0.3 is 0 Å². The van der Waals surface area contributed by atoms with Crippen LogP contribution in [0.25, 0.3) is 0 Å². The number of rotatable bonds is 8. The molecule has 0 N–H and O–H groups in total. The smallest absolute Gasteiger partial charge is 0.155 e. The van der Waals surface area contributed by atoms with Crippen LogP contribution < -0.4 is 9.64 Å². The second kappa shape index (κ2) is 9.36. The Morgan fingerprint density at radius 3 is 2.37 bits per heavy atom. The quantitative estimate of drug-likeness (QED) is 0.394. The van der Waals surface area contributed by atoms with Gasteiger partial charge in [-0.15, -0.1) is 0 Å². The number of ether oxygens (including phenoxy) is 1. The molecule has 1 unspecified atom stereocenters. The van der Waals surface area contributed by atoms with Crippen LogP contribution in [0.4, 0.5) is 11.4 Å². The van der Waals surface area contributed by atoms with E-state index in [2.05, 4.69) is 103 Å². The van der Waals surface area contributed by atoms with Gasteiger partial charge in [0.2, 0.25) is 0 Å². The summed E-state index contributed by atoms with van der Waals surface area (Å²) in [5, 5.41) is 0. The normalized spacial score (nSPS) is 13.5. The van der Waals surface area contributed by atoms with E-state index in [1.165, 1.54) is 24.0 Å². The SMILES string of the molecule is CCCCN(CC)Cc1cccc2c1Oc1ccccc1N2C(C)c1ccccc1. The van der Waals surface area contributed by atoms with E-state index in [9.17, 15) is 0 Å². The first-order valence-corrected chi connectivity index (χ1v) is 11.2. The lowest BCUT2D eigenvalue weighted by atomic mass is 10.0. The summed E-state index contributed by atoms with van der Waals surface area (Å²) >= 11 is 0. The third kappa shape index (κ3) is 4.08. The van der Waals surface area contributed by atoms with Gasteiger partial charge in [-0.1, -0.05) is 74.9 Å². The monoisotopic (exact) mass is 400 g/mol. The first-order valence-electron chi connectivity index (χ1n) is 11.2. The molecule has 0 aromatic heterocycles. The second-order valence-corrected chi connectivity index (χ2v) is 8.01. The Kier molecular flexibility index (Phi) is 6.39. The summed E-state index contributed by atoms with van der Waals surface area (Å²) in [6, 6.07) is 25.9. The van der Waals surface area contributed by atoms with Crippen LogP contribution in [0.3, 0.4) is 0 Å². The van der Waals surface area contributed by atoms with Crippen LogP contribution in [0.2, 0.25) is 0 Å². The van der Waals surface area contributed by atoms with Crippen molar-refractivity contribution in [2.75, 3.05) is 18.0 Å². The maximum absolute atomic E-state index is 6.51. The third-order valence-electron chi connectivity index (χ3n) is 6.01. The zero-order valence-electron chi connectivity index (χ0n) is 18.3. The van der Waals surface area contributed by atoms with Gasteiger partial charge in [0.1, 0.15) is 0 Å². The second-order valence-electron chi connectivity index (χ2n) is 8.01. The Balaban J connectivity index is 1.75. The maximum Gasteiger partial charge on any atom is 0.155 e. The van der Waals surface area contributed by atoms with Gasteiger partial charge in [0.15, 0.2) is 11.5 Å². The van der Waals surface area contributed by atoms with Crippen LogP contribution in [0.1, 0.15) is 50.8 Å². The molecule has 1 heterocycles. The number of benzene rings is 3. The van der Waals surface area contributed by atoms with Crippen molar-refractivity contribution in [1.29, 1.82) is 0 Å². The number of fused-ring (bicyclic) bond motifs is 2. The van der Waals surface area contributed by atoms with E-state index in [0.717, 1.165) is 42.5 Å². The zero-order valence-corrected chi connectivity index (χ0v) is 18.3. The van der Waals surface area contributed by atoms with Crippen LogP contribution in [0.5, 0.6) is 11.5 Å². The summed E-state index contributed by atoms with van der Waals surface area (Å²) in [5.74, 6) is 1.92. The standard InChI is InChI=1S/C27H32N2O/c1-4-6-19-28(5-2)20-23-15-12-17-25-27(23)30-26-18-11-10-16-24(26)29(25)21(3)22-13-8-7-9-14-22/h7-18,21H,4-6,19-20H2,1-3H3. The molecule has 1 atom stereocenters. The molecule has 3 aromatic carbocycles. The van der Waals surface area contributed by atoms with Crippen molar-refractivity contribution in [3.63, 3.8) is 0 Å². The lowest BCUT2D eigenvalue weighted by molar-refractivity contribution is 0.272. The average molecular weight is 401 g/mol. The molecule has 0 radical (unpaired) electrons. The van der Waals surface area contributed by atoms with Crippen molar-refractivity contribution in [3.05, 3.63) is 83.9 Å². The number of hydrogen-bond acceptors (Lipinski definition) is 3. The summed E-state index contributed by atoms with van der Waals surface area (Å²) in [6.07, 6.45) is 2.44. The van der Waals surface area contributed by atoms with Crippen LogP contribution in [-0.2, 0) is 6.54 Å². The molecule has 156 valence electrons. The number of nitrogens with zero attached hydrogens (tertiary/aromatic N) is 2. The predicted molar refractivity (Wildman–Crippen MR) is 126 cm³/mol. The molecule has 30 heavy (non-hydrogen) atoms. The Labute approximate surface area is 180 Å². The minimum absolute atomic E-state index is 0.201. The highest BCUT2D eigenvalue weighted by Gasteiger charge is 2.30. The van der Waals surface area contributed by atoms with Crippen LogP contribution in [0, 0.1) is 0 Å². The molecule has 0 aliphatic carbocycles. The molecule has 0 fully saturated rings. The number of unbranched alkanes of at least 4 members (excludes halogenated alkanes) is 1. The molecule has 3 aromatic rings. The number of para-hydroxylation sites is 3. The van der Waals surface area contributed by atoms with Gasteiger partial charge in [-0.3, -0.25) is 4.90 Å². The lowest BCUT2D eigenvalue weighted by Gasteiger charge is -2.38. The molecule has 4 rings (SSSR count). The van der Waals surface area contributed by atoms with Crippen molar-refractivity contribution < 1.29 is 4.74 Å². The van der Waals surface area contributed by atoms with E-state index in [0.29, 0.717) is 0 Å². The molecule has 1 aliphatic heterocycles. The average Bonchev–Trinajstić information content (AvgIpc) is 2.80. The summed E-state index contributed by atoms with van der Waals surface area (Å²) < 4.78 is 6.51. The molecule has 3 heteroatoms. The molecule has 0 spiro atoms. The molecular weight excluding hydrogens is 368 g/mol. The van der Waals surface area contributed by atoms with Crippen molar-refractivity contribution >= 4 is 11.4 Å². The molecular formula is C27H32N2O. The topological polar surface area (TPSA) is 15.7 Å². The largest absolute Gasteiger partial charge is 0.453 e. The van der Waals surface area contributed by atoms with E-state index in [1.807, 2.05) is 0 Å². The Morgan fingerprint density at radius 1 is 0.867 bits per heavy atom. The minimum atomic E-state index is 0.201. The van der Waals surface area contributed by atoms with E-state index in [1.54, 1.807) is 0 Å². The molecule has 0 bridgehead atoms. The zero-order chi connectivity index (χ0) is 20.9. The Bertz CT molecular complexity index is 970. The predicted octanol–water partition coefficient (Wildman–Crippen LogP) is 7.31. The fourth-order valence-electron chi connectivity index (χ4n) is 4.26. The van der Waals surface area contributed by atoms with E-state index in [-0.39, 0.29) is 6.04 Å². The van der Waals surface area contributed by atoms with Crippen LogP contribution >= 0.6 is 0 Å². The fourth-order valence-corrected chi connectivity index (χ4v) is 4.26. The van der Waals surface area contributed by atoms with Gasteiger partial charge in [-0.25, -0.2) is 0 Å². The highest BCUT2D eigenvalue weighted by atomic mass is 16.5. The van der Waals surface area contributed by atoms with Crippen molar-refractivity contribution in [2.24, 2.45) is 0 Å². The first-order chi connectivity index (χ1) is 14.7. The van der Waals surface area contributed by atoms with Gasteiger partial charge < -0.3 is 9.64 Å². The number of anilines is 2. The molecule has 0 saturated carbocycles. The summed E-state index contributed by atoms with van der Waals surface area (Å²) in [7, 11) is 0. The summed E-state index contributed by atoms with van der Waals surface area (Å²) in [4.78, 5) is 4.93. The molecule has 0 amide bonds. The van der Waals surface area contributed by atoms with Gasteiger partial charge in [0.05, 0.1) is 17.4 Å².